The molecule has 4 saturated heterocycles. The molecule has 0 amide bonds. The summed E-state index contributed by atoms with van der Waals surface area (Å²) in [5.74, 6) is -12.9. The molecule has 0 aromatic heterocycles. The van der Waals surface area contributed by atoms with Gasteiger partial charge in [0.25, 0.3) is 0 Å². The number of carbonyl (C=O) groups is 12. The molecule has 4 heterocycles. The fourth-order valence-electron chi connectivity index (χ4n) is 11.7. The summed E-state index contributed by atoms with van der Waals surface area (Å²) in [7, 11) is 0. The summed E-state index contributed by atoms with van der Waals surface area (Å²) >= 11 is 0. The fraction of sp³-hybridized carbons (Fsp3) is 0.425. The molecule has 0 bridgehead atoms. The van der Waals surface area contributed by atoms with Crippen molar-refractivity contribution >= 4 is 71.6 Å². The molecular weight excluding hydrogens is 1400 g/mol. The number of aliphatic hydroxyl groups is 2. The van der Waals surface area contributed by atoms with Gasteiger partial charge in [-0.15, -0.1) is 0 Å². The summed E-state index contributed by atoms with van der Waals surface area (Å²) in [6.07, 6.45) is -41.7. The number of ether oxygens (including phenoxy) is 19. The van der Waals surface area contributed by atoms with Gasteiger partial charge in [0.15, 0.2) is 80.1 Å². The Morgan fingerprint density at radius 3 is 0.972 bits per heavy atom. The van der Waals surface area contributed by atoms with Gasteiger partial charge in [0.2, 0.25) is 0 Å². The Bertz CT molecular complexity index is 3860. The predicted octanol–water partition coefficient (Wildman–Crippen LogP) is 3.57. The summed E-state index contributed by atoms with van der Waals surface area (Å²) in [4.78, 5) is 163. The zero-order valence-electron chi connectivity index (χ0n) is 57.9. The monoisotopic (exact) mass is 1480 g/mol. The van der Waals surface area contributed by atoms with Crippen molar-refractivity contribution < 1.29 is 158 Å². The Balaban J connectivity index is 1.23. The highest BCUT2D eigenvalue weighted by atomic mass is 16.8. The largest absolute Gasteiger partial charge is 0.463 e. The molecule has 9 rings (SSSR count). The average molecular weight is 1480 g/mol. The third-order valence-electron chi connectivity index (χ3n) is 16.2. The van der Waals surface area contributed by atoms with Crippen LogP contribution < -0.4 is 0 Å². The highest BCUT2D eigenvalue weighted by Crippen LogP contribution is 2.40. The number of rotatable bonds is 27. The molecule has 0 radical (unpaired) electrons. The molecular formula is C73H76O33. The van der Waals surface area contributed by atoms with E-state index in [0.717, 1.165) is 48.5 Å². The lowest BCUT2D eigenvalue weighted by Gasteiger charge is -2.50. The van der Waals surface area contributed by atoms with Gasteiger partial charge in [-0.05, 0) is 60.7 Å². The summed E-state index contributed by atoms with van der Waals surface area (Å²) in [5, 5.41) is 24.1. The van der Waals surface area contributed by atoms with Gasteiger partial charge in [0, 0.05) is 48.5 Å². The van der Waals surface area contributed by atoms with Crippen LogP contribution >= 0.6 is 0 Å². The lowest BCUT2D eigenvalue weighted by atomic mass is 9.95. The van der Waals surface area contributed by atoms with Crippen LogP contribution in [-0.2, 0) is 124 Å². The van der Waals surface area contributed by atoms with Crippen LogP contribution in [0.25, 0.3) is 0 Å². The molecule has 4 aliphatic rings. The lowest BCUT2D eigenvalue weighted by molar-refractivity contribution is -0.383. The van der Waals surface area contributed by atoms with Gasteiger partial charge >= 0.3 is 71.6 Å². The van der Waals surface area contributed by atoms with Crippen LogP contribution in [0.2, 0.25) is 0 Å². The van der Waals surface area contributed by atoms with E-state index in [1.807, 2.05) is 0 Å². The van der Waals surface area contributed by atoms with Crippen molar-refractivity contribution in [3.05, 3.63) is 179 Å². The van der Waals surface area contributed by atoms with Crippen molar-refractivity contribution in [2.45, 2.75) is 171 Å². The maximum Gasteiger partial charge on any atom is 0.338 e. The van der Waals surface area contributed by atoms with E-state index in [-0.39, 0.29) is 27.8 Å². The van der Waals surface area contributed by atoms with Crippen LogP contribution in [0.1, 0.15) is 100 Å². The third-order valence-corrected chi connectivity index (χ3v) is 16.2. The molecule has 0 aliphatic carbocycles. The maximum atomic E-state index is 14.7. The number of benzene rings is 5. The topological polar surface area (TPSA) is 421 Å². The summed E-state index contributed by atoms with van der Waals surface area (Å²) < 4.78 is 115. The molecule has 4 aliphatic heterocycles. The van der Waals surface area contributed by atoms with Gasteiger partial charge in [-0.2, -0.15) is 0 Å². The van der Waals surface area contributed by atoms with E-state index in [2.05, 4.69) is 0 Å². The van der Waals surface area contributed by atoms with E-state index < -0.39 is 221 Å². The minimum Gasteiger partial charge on any atom is -0.463 e. The normalized spacial score (nSPS) is 28.2. The molecule has 566 valence electrons. The third kappa shape index (κ3) is 21.3. The van der Waals surface area contributed by atoms with Crippen molar-refractivity contribution in [2.75, 3.05) is 26.4 Å². The molecule has 2 N–H and O–H groups in total. The van der Waals surface area contributed by atoms with Crippen molar-refractivity contribution in [1.82, 2.24) is 0 Å². The highest BCUT2D eigenvalue weighted by molar-refractivity contribution is 5.92. The lowest BCUT2D eigenvalue weighted by Crippen LogP contribution is -2.69. The second kappa shape index (κ2) is 37.4. The maximum absolute atomic E-state index is 14.7. The van der Waals surface area contributed by atoms with Crippen LogP contribution in [0.5, 0.6) is 0 Å². The summed E-state index contributed by atoms with van der Waals surface area (Å²) in [5.41, 5.74) is -0.354. The van der Waals surface area contributed by atoms with Gasteiger partial charge in [-0.1, -0.05) is 91.0 Å². The van der Waals surface area contributed by atoms with E-state index in [1.54, 1.807) is 42.5 Å². The Morgan fingerprint density at radius 1 is 0.274 bits per heavy atom. The summed E-state index contributed by atoms with van der Waals surface area (Å²) in [6, 6.07) is 36.8. The van der Waals surface area contributed by atoms with E-state index in [0.29, 0.717) is 0 Å². The molecule has 0 saturated carbocycles. The molecule has 33 heteroatoms. The molecule has 5 aromatic carbocycles. The van der Waals surface area contributed by atoms with Gasteiger partial charge in [-0.25, -0.2) is 24.0 Å². The SMILES string of the molecule is CC(=O)OCC1OC(O[C@@H]2C(OC(C)=O)[C@@H](OC3C(OC(C)=O)C(O)OC(COC(C)=O)C3OC(C)=O)OC(COC3OC(COC(=O)c4ccccc4)C(OC(=O)c4ccccc4)C(OC(=O)c4ccccc4)C3OC(=O)c3ccccc3)[C@H]2OC(C)=O)C(OC(=O)c2ccccc2)C(O)C1OC(C)=O. The number of carbonyl (C=O) groups excluding carboxylic acids is 12. The molecule has 17 unspecified atom stereocenters. The molecule has 106 heavy (non-hydrogen) atoms. The molecule has 4 fully saturated rings. The summed E-state index contributed by atoms with van der Waals surface area (Å²) in [6.45, 7) is 2.98. The van der Waals surface area contributed by atoms with Crippen LogP contribution in [0, 0.1) is 0 Å². The van der Waals surface area contributed by atoms with Gasteiger partial charge in [0.1, 0.15) is 62.5 Å². The zero-order valence-corrected chi connectivity index (χ0v) is 57.9. The molecule has 5 aromatic rings. The molecule has 33 nitrogen and oxygen atoms in total. The minimum atomic E-state index is -2.38. The average Bonchev–Trinajstić information content (AvgIpc) is 0.762. The van der Waals surface area contributed by atoms with Crippen molar-refractivity contribution in [3.8, 4) is 0 Å². The van der Waals surface area contributed by atoms with Crippen molar-refractivity contribution in [2.24, 2.45) is 0 Å². The smallest absolute Gasteiger partial charge is 0.338 e. The minimum absolute atomic E-state index is 0.0312. The fourth-order valence-corrected chi connectivity index (χ4v) is 11.7. The van der Waals surface area contributed by atoms with Gasteiger partial charge in [0.05, 0.1) is 34.4 Å². The number of hydrogen-bond donors (Lipinski definition) is 2. The van der Waals surface area contributed by atoms with Crippen LogP contribution in [0.4, 0.5) is 0 Å². The van der Waals surface area contributed by atoms with Gasteiger partial charge in [-0.3, -0.25) is 33.6 Å². The Labute approximate surface area is 604 Å². The van der Waals surface area contributed by atoms with Crippen molar-refractivity contribution in [3.63, 3.8) is 0 Å². The Morgan fingerprint density at radius 2 is 0.557 bits per heavy atom. The quantitative estimate of drug-likeness (QED) is 0.0560. The first-order chi connectivity index (χ1) is 50.7. The molecule has 0 spiro atoms. The van der Waals surface area contributed by atoms with E-state index in [1.165, 1.54) is 109 Å². The van der Waals surface area contributed by atoms with Crippen molar-refractivity contribution in [1.29, 1.82) is 0 Å². The number of hydrogen-bond acceptors (Lipinski definition) is 33. The Hall–Kier alpha value is -10.6. The van der Waals surface area contributed by atoms with Gasteiger partial charge < -0.3 is 100 Å². The first kappa shape index (κ1) is 79.5. The van der Waals surface area contributed by atoms with Crippen LogP contribution in [0.15, 0.2) is 152 Å². The highest BCUT2D eigenvalue weighted by Gasteiger charge is 2.61. The first-order valence-corrected chi connectivity index (χ1v) is 33.0. The zero-order chi connectivity index (χ0) is 76.3. The second-order valence-corrected chi connectivity index (χ2v) is 24.1. The standard InChI is InChI=1S/C73H76O33/c1-37(74)88-33-49-54(92-39(3)76)53(81)58(102-67(84)46-27-17-10-18-28-46)72(99-49)106-61-56(94-41(5)78)52(100-73(64(61)96-43(7)80)105-59-55(93-40(4)77)50(34-89-38(2)75)97-70(87)62(59)95-42(6)79)36-91-71-63(104-69(86)48-31-21-12-22-32-48)60(103-68(85)47-29-19-11-20-30-47)57(101-66(83)45-25-15-9-16-26-45)51(98-71)35-90-65(82)44-23-13-8-14-24-44/h8-32,49-64,70-73,81,87H,33-36H2,1-7H3/t49?,50?,51?,52?,53?,54?,55?,56-,57?,58?,59?,60?,61+,62?,63?,64?,70?,71?,72?,73-/m1/s1. The first-order valence-electron chi connectivity index (χ1n) is 33.0. The van der Waals surface area contributed by atoms with E-state index in [9.17, 15) is 67.7 Å². The number of aliphatic hydroxyl groups excluding tert-OH is 2. The van der Waals surface area contributed by atoms with Crippen LogP contribution in [-0.4, -0.2) is 231 Å². The number of esters is 12. The molecule has 20 atom stereocenters. The Kier molecular flexibility index (Phi) is 28.0. The second-order valence-electron chi connectivity index (χ2n) is 24.1. The van der Waals surface area contributed by atoms with E-state index in [4.69, 9.17) is 90.0 Å². The van der Waals surface area contributed by atoms with Crippen LogP contribution in [0.3, 0.4) is 0 Å². The predicted molar refractivity (Wildman–Crippen MR) is 349 cm³/mol. The van der Waals surface area contributed by atoms with E-state index >= 15 is 0 Å².